The van der Waals surface area contributed by atoms with E-state index >= 15 is 0 Å². The van der Waals surface area contributed by atoms with Gasteiger partial charge in [-0.1, -0.05) is 32.0 Å². The number of nitrogens with zero attached hydrogens (tertiary/aromatic N) is 2. The van der Waals surface area contributed by atoms with Crippen molar-refractivity contribution in [3.05, 3.63) is 65.9 Å². The molecule has 2 N–H and O–H groups in total. The molecule has 1 heterocycles. The molecule has 0 unspecified atom stereocenters. The number of anilines is 3. The average molecular weight is 378 g/mol. The monoisotopic (exact) mass is 378 g/mol. The Kier molecular flexibility index (Phi) is 6.32. The van der Waals surface area contributed by atoms with Gasteiger partial charge in [-0.15, -0.1) is 0 Å². The van der Waals surface area contributed by atoms with E-state index in [2.05, 4.69) is 58.7 Å². The van der Waals surface area contributed by atoms with E-state index in [-0.39, 0.29) is 0 Å². The summed E-state index contributed by atoms with van der Waals surface area (Å²) < 4.78 is 10.6. The van der Waals surface area contributed by atoms with Crippen molar-refractivity contribution in [2.45, 2.75) is 26.3 Å². The molecule has 3 rings (SSSR count). The number of rotatable bonds is 8. The summed E-state index contributed by atoms with van der Waals surface area (Å²) in [6.45, 7) is 4.94. The van der Waals surface area contributed by atoms with Gasteiger partial charge in [-0.05, 0) is 47.4 Å². The largest absolute Gasteiger partial charge is 0.493 e. The highest BCUT2D eigenvalue weighted by Crippen LogP contribution is 2.27. The van der Waals surface area contributed by atoms with Crippen molar-refractivity contribution < 1.29 is 9.47 Å². The predicted octanol–water partition coefficient (Wildman–Crippen LogP) is 4.97. The number of methoxy groups -OCH3 is 2. The van der Waals surface area contributed by atoms with Crippen LogP contribution in [0.2, 0.25) is 0 Å². The van der Waals surface area contributed by atoms with Gasteiger partial charge in [0.1, 0.15) is 5.82 Å². The van der Waals surface area contributed by atoms with Crippen LogP contribution in [0.5, 0.6) is 11.5 Å². The van der Waals surface area contributed by atoms with Gasteiger partial charge in [-0.2, -0.15) is 4.98 Å². The fourth-order valence-corrected chi connectivity index (χ4v) is 2.78. The molecule has 2 aromatic carbocycles. The molecule has 0 saturated heterocycles. The minimum absolute atomic E-state index is 0.514. The van der Waals surface area contributed by atoms with Gasteiger partial charge in [0, 0.05) is 18.4 Å². The molecular formula is C22H26N4O2. The fourth-order valence-electron chi connectivity index (χ4n) is 2.78. The van der Waals surface area contributed by atoms with Gasteiger partial charge < -0.3 is 20.1 Å². The molecule has 0 radical (unpaired) electrons. The van der Waals surface area contributed by atoms with Crippen molar-refractivity contribution >= 4 is 17.5 Å². The standard InChI is InChI=1S/C22H26N4O2/c1-15(2)17-6-8-18(9-7-17)25-21-11-12-23-22(26-21)24-14-16-5-10-19(27-3)20(13-16)28-4/h5-13,15H,14H2,1-4H3,(H2,23,24,25,26). The first kappa shape index (κ1) is 19.5. The Labute approximate surface area is 166 Å². The maximum Gasteiger partial charge on any atom is 0.224 e. The van der Waals surface area contributed by atoms with Crippen LogP contribution in [0.15, 0.2) is 54.7 Å². The van der Waals surface area contributed by atoms with Gasteiger partial charge in [0.25, 0.3) is 0 Å². The summed E-state index contributed by atoms with van der Waals surface area (Å²) in [5.41, 5.74) is 3.35. The molecule has 0 spiro atoms. The third-order valence-corrected chi connectivity index (χ3v) is 4.40. The van der Waals surface area contributed by atoms with Crippen LogP contribution in [0.25, 0.3) is 0 Å². The summed E-state index contributed by atoms with van der Waals surface area (Å²) in [7, 11) is 3.25. The number of hydrogen-bond acceptors (Lipinski definition) is 6. The number of ether oxygens (including phenoxy) is 2. The lowest BCUT2D eigenvalue weighted by atomic mass is 10.0. The fraction of sp³-hybridized carbons (Fsp3) is 0.273. The average Bonchev–Trinajstić information content (AvgIpc) is 2.72. The second kappa shape index (κ2) is 9.08. The molecule has 146 valence electrons. The summed E-state index contributed by atoms with van der Waals surface area (Å²) in [5, 5.41) is 6.56. The lowest BCUT2D eigenvalue weighted by Gasteiger charge is -2.11. The molecule has 3 aromatic rings. The molecule has 0 amide bonds. The van der Waals surface area contributed by atoms with Gasteiger partial charge in [0.2, 0.25) is 5.95 Å². The Morgan fingerprint density at radius 2 is 1.68 bits per heavy atom. The lowest BCUT2D eigenvalue weighted by molar-refractivity contribution is 0.354. The Hall–Kier alpha value is -3.28. The molecule has 0 aliphatic heterocycles. The van der Waals surface area contributed by atoms with E-state index in [9.17, 15) is 0 Å². The van der Waals surface area contributed by atoms with E-state index in [0.29, 0.717) is 29.9 Å². The van der Waals surface area contributed by atoms with Crippen molar-refractivity contribution in [1.29, 1.82) is 0 Å². The van der Waals surface area contributed by atoms with E-state index < -0.39 is 0 Å². The number of hydrogen-bond donors (Lipinski definition) is 2. The number of aromatic nitrogens is 2. The van der Waals surface area contributed by atoms with Crippen LogP contribution < -0.4 is 20.1 Å². The summed E-state index contributed by atoms with van der Waals surface area (Å²) in [6.07, 6.45) is 1.73. The first-order valence-corrected chi connectivity index (χ1v) is 9.24. The van der Waals surface area contributed by atoms with E-state index in [1.165, 1.54) is 5.56 Å². The Bertz CT molecular complexity index is 911. The molecule has 6 heteroatoms. The van der Waals surface area contributed by atoms with Gasteiger partial charge in [-0.25, -0.2) is 4.98 Å². The molecular weight excluding hydrogens is 352 g/mol. The highest BCUT2D eigenvalue weighted by molar-refractivity contribution is 5.57. The molecule has 0 atom stereocenters. The maximum absolute atomic E-state index is 5.34. The molecule has 0 bridgehead atoms. The van der Waals surface area contributed by atoms with Crippen LogP contribution in [0.3, 0.4) is 0 Å². The quantitative estimate of drug-likeness (QED) is 0.577. The molecule has 0 aliphatic rings. The Morgan fingerprint density at radius 1 is 0.929 bits per heavy atom. The highest BCUT2D eigenvalue weighted by Gasteiger charge is 2.06. The second-order valence-corrected chi connectivity index (χ2v) is 6.71. The van der Waals surface area contributed by atoms with E-state index in [1.54, 1.807) is 20.4 Å². The van der Waals surface area contributed by atoms with Crippen molar-refractivity contribution in [3.8, 4) is 11.5 Å². The van der Waals surface area contributed by atoms with E-state index in [4.69, 9.17) is 9.47 Å². The first-order valence-electron chi connectivity index (χ1n) is 9.24. The van der Waals surface area contributed by atoms with Gasteiger partial charge in [-0.3, -0.25) is 0 Å². The maximum atomic E-state index is 5.34. The van der Waals surface area contributed by atoms with Crippen LogP contribution in [0.4, 0.5) is 17.5 Å². The molecule has 0 aliphatic carbocycles. The predicted molar refractivity (Wildman–Crippen MR) is 113 cm³/mol. The van der Waals surface area contributed by atoms with Crippen LogP contribution in [-0.4, -0.2) is 24.2 Å². The van der Waals surface area contributed by atoms with Crippen molar-refractivity contribution in [3.63, 3.8) is 0 Å². The first-order chi connectivity index (χ1) is 13.6. The zero-order valence-electron chi connectivity index (χ0n) is 16.7. The zero-order chi connectivity index (χ0) is 19.9. The summed E-state index contributed by atoms with van der Waals surface area (Å²) in [6, 6.07) is 16.0. The molecule has 0 fully saturated rings. The molecule has 28 heavy (non-hydrogen) atoms. The third kappa shape index (κ3) is 4.91. The second-order valence-electron chi connectivity index (χ2n) is 6.71. The smallest absolute Gasteiger partial charge is 0.224 e. The van der Waals surface area contributed by atoms with Crippen molar-refractivity contribution in [1.82, 2.24) is 9.97 Å². The molecule has 6 nitrogen and oxygen atoms in total. The zero-order valence-corrected chi connectivity index (χ0v) is 16.7. The summed E-state index contributed by atoms with van der Waals surface area (Å²) in [5.74, 6) is 3.21. The van der Waals surface area contributed by atoms with Crippen LogP contribution in [-0.2, 0) is 6.54 Å². The Balaban J connectivity index is 1.65. The third-order valence-electron chi connectivity index (χ3n) is 4.40. The van der Waals surface area contributed by atoms with E-state index in [1.807, 2.05) is 24.3 Å². The van der Waals surface area contributed by atoms with Gasteiger partial charge in [0.05, 0.1) is 14.2 Å². The van der Waals surface area contributed by atoms with Crippen molar-refractivity contribution in [2.75, 3.05) is 24.9 Å². The highest BCUT2D eigenvalue weighted by atomic mass is 16.5. The molecule has 0 saturated carbocycles. The number of benzene rings is 2. The summed E-state index contributed by atoms with van der Waals surface area (Å²) in [4.78, 5) is 8.82. The van der Waals surface area contributed by atoms with Crippen LogP contribution in [0, 0.1) is 0 Å². The molecule has 1 aromatic heterocycles. The SMILES string of the molecule is COc1ccc(CNc2nccc(Nc3ccc(C(C)C)cc3)n2)cc1OC. The lowest BCUT2D eigenvalue weighted by Crippen LogP contribution is -2.05. The Morgan fingerprint density at radius 3 is 2.36 bits per heavy atom. The van der Waals surface area contributed by atoms with Crippen LogP contribution >= 0.6 is 0 Å². The van der Waals surface area contributed by atoms with E-state index in [0.717, 1.165) is 17.1 Å². The van der Waals surface area contributed by atoms with Gasteiger partial charge >= 0.3 is 0 Å². The van der Waals surface area contributed by atoms with Gasteiger partial charge in [0.15, 0.2) is 11.5 Å². The topological polar surface area (TPSA) is 68.3 Å². The number of nitrogens with one attached hydrogen (secondary N) is 2. The van der Waals surface area contributed by atoms with Crippen molar-refractivity contribution in [2.24, 2.45) is 0 Å². The summed E-state index contributed by atoms with van der Waals surface area (Å²) >= 11 is 0. The minimum atomic E-state index is 0.514. The minimum Gasteiger partial charge on any atom is -0.493 e. The van der Waals surface area contributed by atoms with Crippen LogP contribution in [0.1, 0.15) is 30.9 Å². The normalized spacial score (nSPS) is 10.6.